The summed E-state index contributed by atoms with van der Waals surface area (Å²) >= 11 is 0. The Morgan fingerprint density at radius 3 is 2.02 bits per heavy atom. The first-order chi connectivity index (χ1) is 26.5. The van der Waals surface area contributed by atoms with Crippen molar-refractivity contribution in [1.29, 1.82) is 5.26 Å². The molecule has 0 saturated carbocycles. The third kappa shape index (κ3) is 7.04. The molecule has 0 fully saturated rings. The number of nitriles is 1. The van der Waals surface area contributed by atoms with Crippen LogP contribution in [0, 0.1) is 31.8 Å². The molecular formula is C45H39N5O4S. The summed E-state index contributed by atoms with van der Waals surface area (Å²) in [6.45, 7) is 17.2. The van der Waals surface area contributed by atoms with Crippen molar-refractivity contribution in [1.82, 2.24) is 0 Å². The summed E-state index contributed by atoms with van der Waals surface area (Å²) < 4.78 is 26.4. The van der Waals surface area contributed by atoms with E-state index in [9.17, 15) is 23.3 Å². The number of rotatable bonds is 7. The van der Waals surface area contributed by atoms with Crippen LogP contribution in [0.4, 0.5) is 22.7 Å². The van der Waals surface area contributed by atoms with Crippen LogP contribution in [0.5, 0.6) is 0 Å². The third-order valence-electron chi connectivity index (χ3n) is 9.75. The van der Waals surface area contributed by atoms with Crippen LogP contribution in [0.15, 0.2) is 119 Å². The maximum atomic E-state index is 13.2. The molecule has 1 aliphatic carbocycles. The van der Waals surface area contributed by atoms with Gasteiger partial charge in [0.2, 0.25) is 9.84 Å². The van der Waals surface area contributed by atoms with Crippen LogP contribution in [-0.4, -0.2) is 40.1 Å². The van der Waals surface area contributed by atoms with Gasteiger partial charge in [0.05, 0.1) is 39.3 Å². The van der Waals surface area contributed by atoms with Crippen molar-refractivity contribution in [3.63, 3.8) is 0 Å². The Morgan fingerprint density at radius 1 is 0.818 bits per heavy atom. The molecule has 7 rings (SSSR count). The molecule has 0 unspecified atom stereocenters. The highest BCUT2D eigenvalue weighted by Gasteiger charge is 2.38. The molecule has 0 amide bonds. The number of ketones is 2. The molecule has 55 heavy (non-hydrogen) atoms. The first-order valence-corrected chi connectivity index (χ1v) is 19.3. The number of fused-ring (bicyclic) bond motifs is 3. The summed E-state index contributed by atoms with van der Waals surface area (Å²) in [5.74, 6) is -0.269. The molecule has 5 aromatic carbocycles. The minimum absolute atomic E-state index is 0.00457. The Labute approximate surface area is 322 Å². The fraction of sp³-hybridized carbons (Fsp3) is 0.156. The SMILES string of the molecule is CNc1ccc(Nc2cccc(C)c2)c2c1C(=O)c1ccccc1C2=O.[C-]#[N+]/C(C#N)=C1/C(=Cc2ccc(N(CC)CC)cc2C)S(=O)(=O)c2ccccc21. The predicted molar refractivity (Wildman–Crippen MR) is 219 cm³/mol. The van der Waals surface area contributed by atoms with Crippen LogP contribution in [-0.2, 0) is 9.84 Å². The van der Waals surface area contributed by atoms with Crippen molar-refractivity contribution in [3.05, 3.63) is 170 Å². The van der Waals surface area contributed by atoms with E-state index in [2.05, 4.69) is 34.2 Å². The van der Waals surface area contributed by atoms with E-state index in [0.29, 0.717) is 39.2 Å². The van der Waals surface area contributed by atoms with Crippen molar-refractivity contribution in [2.24, 2.45) is 0 Å². The lowest BCUT2D eigenvalue weighted by molar-refractivity contribution is 0.0980. The minimum atomic E-state index is -3.81. The summed E-state index contributed by atoms with van der Waals surface area (Å²) in [5, 5.41) is 15.8. The van der Waals surface area contributed by atoms with Crippen molar-refractivity contribution < 1.29 is 18.0 Å². The summed E-state index contributed by atoms with van der Waals surface area (Å²) in [5.41, 5.74) is 8.14. The quantitative estimate of drug-likeness (QED) is 0.122. The Kier molecular flexibility index (Phi) is 10.8. The number of nitrogens with zero attached hydrogens (tertiary/aromatic N) is 3. The van der Waals surface area contributed by atoms with Gasteiger partial charge in [0.1, 0.15) is 0 Å². The molecular weight excluding hydrogens is 707 g/mol. The molecule has 0 radical (unpaired) electrons. The van der Waals surface area contributed by atoms with Gasteiger partial charge in [0.25, 0.3) is 5.70 Å². The molecule has 2 aliphatic rings. The number of hydrogen-bond donors (Lipinski definition) is 2. The van der Waals surface area contributed by atoms with Gasteiger partial charge in [-0.25, -0.2) is 18.5 Å². The minimum Gasteiger partial charge on any atom is -0.388 e. The summed E-state index contributed by atoms with van der Waals surface area (Å²) in [6, 6.07) is 32.8. The van der Waals surface area contributed by atoms with E-state index in [1.165, 1.54) is 6.07 Å². The van der Waals surface area contributed by atoms with E-state index in [4.69, 9.17) is 6.57 Å². The van der Waals surface area contributed by atoms with Gasteiger partial charge in [0, 0.05) is 53.9 Å². The molecule has 1 heterocycles. The lowest BCUT2D eigenvalue weighted by Crippen LogP contribution is -2.23. The highest BCUT2D eigenvalue weighted by Crippen LogP contribution is 2.46. The van der Waals surface area contributed by atoms with Gasteiger partial charge in [-0.15, -0.1) is 0 Å². The number of sulfone groups is 1. The zero-order chi connectivity index (χ0) is 39.4. The number of hydrogen-bond acceptors (Lipinski definition) is 8. The Morgan fingerprint density at radius 2 is 1.44 bits per heavy atom. The first-order valence-electron chi connectivity index (χ1n) is 17.8. The second-order valence-corrected chi connectivity index (χ2v) is 14.9. The standard InChI is InChI=1S/C23H21N3O2S.C22H18N2O2/c1-5-26(6-2)18-12-11-17(16(3)13-18)14-22-23(20(15-24)25-4)19-9-7-8-10-21(19)29(22,27)28;1-13-6-5-7-14(12-13)24-18-11-10-17(23-2)19-20(18)22(26)16-9-4-3-8-15(16)21(19)25/h7-14H,5-6H2,1-3H3;3-12,23-24H,1-2H3/b22-14?,23-20+;. The van der Waals surface area contributed by atoms with Crippen LogP contribution in [0.25, 0.3) is 16.5 Å². The monoisotopic (exact) mass is 745 g/mol. The fourth-order valence-electron chi connectivity index (χ4n) is 6.99. The van der Waals surface area contributed by atoms with Gasteiger partial charge in [0.15, 0.2) is 11.6 Å². The normalized spacial score (nSPS) is 15.0. The highest BCUT2D eigenvalue weighted by atomic mass is 32.2. The lowest BCUT2D eigenvalue weighted by atomic mass is 9.82. The predicted octanol–water partition coefficient (Wildman–Crippen LogP) is 9.38. The molecule has 9 nitrogen and oxygen atoms in total. The molecule has 0 saturated heterocycles. The summed E-state index contributed by atoms with van der Waals surface area (Å²) in [7, 11) is -2.06. The van der Waals surface area contributed by atoms with Crippen LogP contribution >= 0.6 is 0 Å². The van der Waals surface area contributed by atoms with Crippen LogP contribution in [0.3, 0.4) is 0 Å². The number of aryl methyl sites for hydroxylation is 2. The molecule has 1 aliphatic heterocycles. The average molecular weight is 746 g/mol. The van der Waals surface area contributed by atoms with Gasteiger partial charge < -0.3 is 15.5 Å². The largest absolute Gasteiger partial charge is 0.388 e. The Hall–Kier alpha value is -6.75. The van der Waals surface area contributed by atoms with Crippen molar-refractivity contribution in [3.8, 4) is 6.07 Å². The molecule has 5 aromatic rings. The van der Waals surface area contributed by atoms with Gasteiger partial charge in [-0.2, -0.15) is 0 Å². The Bertz CT molecular complexity index is 2620. The molecule has 10 heteroatoms. The average Bonchev–Trinajstić information content (AvgIpc) is 3.41. The molecule has 0 spiro atoms. The molecule has 0 atom stereocenters. The topological polar surface area (TPSA) is 124 Å². The number of carbonyl (C=O) groups is 2. The zero-order valence-corrected chi connectivity index (χ0v) is 32.0. The third-order valence-corrected chi connectivity index (χ3v) is 11.6. The number of allylic oxidation sites excluding steroid dienone is 2. The van der Waals surface area contributed by atoms with E-state index in [1.807, 2.05) is 74.5 Å². The van der Waals surface area contributed by atoms with Crippen molar-refractivity contribution in [2.75, 3.05) is 35.7 Å². The molecule has 2 N–H and O–H groups in total. The number of benzene rings is 5. The van der Waals surface area contributed by atoms with Crippen LogP contribution in [0.1, 0.15) is 67.9 Å². The van der Waals surface area contributed by atoms with E-state index in [0.717, 1.165) is 41.2 Å². The van der Waals surface area contributed by atoms with Crippen LogP contribution in [0.2, 0.25) is 0 Å². The van der Waals surface area contributed by atoms with Gasteiger partial charge in [-0.05, 0) is 98.5 Å². The second kappa shape index (κ2) is 15.7. The first kappa shape index (κ1) is 38.0. The summed E-state index contributed by atoms with van der Waals surface area (Å²) in [6.07, 6.45) is 1.58. The number of anilines is 4. The maximum Gasteiger partial charge on any atom is 0.270 e. The molecule has 0 bridgehead atoms. The summed E-state index contributed by atoms with van der Waals surface area (Å²) in [4.78, 5) is 31.9. The van der Waals surface area contributed by atoms with E-state index in [1.54, 1.807) is 55.6 Å². The van der Waals surface area contributed by atoms with Crippen molar-refractivity contribution >= 4 is 55.8 Å². The smallest absolute Gasteiger partial charge is 0.270 e. The van der Waals surface area contributed by atoms with Crippen molar-refractivity contribution in [2.45, 2.75) is 32.6 Å². The highest BCUT2D eigenvalue weighted by molar-refractivity contribution is 7.96. The number of carbonyl (C=O) groups excluding carboxylic acids is 2. The van der Waals surface area contributed by atoms with Gasteiger partial charge in [-0.3, -0.25) is 9.59 Å². The van der Waals surface area contributed by atoms with Gasteiger partial charge >= 0.3 is 0 Å². The van der Waals surface area contributed by atoms with E-state index >= 15 is 0 Å². The van der Waals surface area contributed by atoms with Crippen LogP contribution < -0.4 is 15.5 Å². The van der Waals surface area contributed by atoms with E-state index < -0.39 is 9.84 Å². The zero-order valence-electron chi connectivity index (χ0n) is 31.2. The molecule has 274 valence electrons. The number of nitrogens with one attached hydrogen (secondary N) is 2. The molecule has 0 aromatic heterocycles. The van der Waals surface area contributed by atoms with E-state index in [-0.39, 0.29) is 32.6 Å². The maximum absolute atomic E-state index is 13.2. The second-order valence-electron chi connectivity index (χ2n) is 13.0. The lowest BCUT2D eigenvalue weighted by Gasteiger charge is -2.23. The fourth-order valence-corrected chi connectivity index (χ4v) is 8.70. The Balaban J connectivity index is 0.000000188. The van der Waals surface area contributed by atoms with Gasteiger partial charge in [-0.1, -0.05) is 60.7 Å².